The molecule has 1 unspecified atom stereocenters. The van der Waals surface area contributed by atoms with Gasteiger partial charge < -0.3 is 19.7 Å². The minimum absolute atomic E-state index is 0. The summed E-state index contributed by atoms with van der Waals surface area (Å²) in [6, 6.07) is 4.01. The van der Waals surface area contributed by atoms with Gasteiger partial charge in [0.1, 0.15) is 5.69 Å². The molecule has 0 bridgehead atoms. The zero-order chi connectivity index (χ0) is 15.7. The fourth-order valence-corrected chi connectivity index (χ4v) is 3.39. The van der Waals surface area contributed by atoms with Crippen LogP contribution in [-0.2, 0) is 11.8 Å². The van der Waals surface area contributed by atoms with E-state index in [0.29, 0.717) is 13.1 Å². The number of nitrogens with one attached hydrogen (secondary N) is 1. The summed E-state index contributed by atoms with van der Waals surface area (Å²) < 4.78 is 1.93. The van der Waals surface area contributed by atoms with Gasteiger partial charge in [0, 0.05) is 45.0 Å². The molecule has 6 nitrogen and oxygen atoms in total. The Morgan fingerprint density at radius 2 is 2.09 bits per heavy atom. The van der Waals surface area contributed by atoms with Crippen molar-refractivity contribution in [3.05, 3.63) is 23.5 Å². The second kappa shape index (κ2) is 7.36. The summed E-state index contributed by atoms with van der Waals surface area (Å²) in [7, 11) is 1.92. The fourth-order valence-electron chi connectivity index (χ4n) is 3.39. The number of nitrogens with zero attached hydrogens (tertiary/aromatic N) is 3. The highest BCUT2D eigenvalue weighted by molar-refractivity contribution is 5.93. The maximum Gasteiger partial charge on any atom is 0.270 e. The van der Waals surface area contributed by atoms with E-state index >= 15 is 0 Å². The van der Waals surface area contributed by atoms with Crippen LogP contribution in [0.1, 0.15) is 29.0 Å². The molecule has 128 valence electrons. The van der Waals surface area contributed by atoms with E-state index in [-0.39, 0.29) is 30.3 Å². The molecule has 7 heteroatoms. The third-order valence-corrected chi connectivity index (χ3v) is 4.84. The number of hydrogen-bond donors (Lipinski definition) is 1. The molecule has 2 aliphatic heterocycles. The van der Waals surface area contributed by atoms with Crippen LogP contribution >= 0.6 is 12.4 Å². The summed E-state index contributed by atoms with van der Waals surface area (Å²) in [6.45, 7) is 5.42. The van der Waals surface area contributed by atoms with Crippen molar-refractivity contribution in [3.63, 3.8) is 0 Å². The van der Waals surface area contributed by atoms with E-state index in [1.54, 1.807) is 0 Å². The Bertz CT molecular complexity index is 587. The molecule has 0 aromatic carbocycles. The third-order valence-electron chi connectivity index (χ3n) is 4.84. The molecule has 1 aromatic rings. The number of aryl methyl sites for hydroxylation is 1. The fraction of sp³-hybridized carbons (Fsp3) is 0.625. The van der Waals surface area contributed by atoms with Gasteiger partial charge in [-0.1, -0.05) is 0 Å². The van der Waals surface area contributed by atoms with E-state index in [1.807, 2.05) is 40.5 Å². The van der Waals surface area contributed by atoms with Crippen LogP contribution in [0.25, 0.3) is 0 Å². The van der Waals surface area contributed by atoms with Crippen molar-refractivity contribution in [1.29, 1.82) is 0 Å². The Labute approximate surface area is 143 Å². The minimum atomic E-state index is 0. The number of carbonyl (C=O) groups is 2. The van der Waals surface area contributed by atoms with Crippen molar-refractivity contribution >= 4 is 24.2 Å². The van der Waals surface area contributed by atoms with Gasteiger partial charge in [-0.2, -0.15) is 0 Å². The van der Waals surface area contributed by atoms with Crippen LogP contribution in [-0.4, -0.2) is 64.9 Å². The monoisotopic (exact) mass is 340 g/mol. The van der Waals surface area contributed by atoms with Crippen LogP contribution in [0.2, 0.25) is 0 Å². The number of halogens is 1. The number of piperazine rings is 1. The molecule has 1 aromatic heterocycles. The normalized spacial score (nSPS) is 22.0. The lowest BCUT2D eigenvalue weighted by atomic mass is 10.0. The Morgan fingerprint density at radius 3 is 2.74 bits per heavy atom. The first-order valence-corrected chi connectivity index (χ1v) is 7.99. The maximum absolute atomic E-state index is 12.7. The van der Waals surface area contributed by atoms with Crippen LogP contribution in [0.15, 0.2) is 12.1 Å². The van der Waals surface area contributed by atoms with Gasteiger partial charge in [-0.25, -0.2) is 0 Å². The molecular formula is C16H25ClN4O2. The van der Waals surface area contributed by atoms with Gasteiger partial charge in [-0.05, 0) is 31.9 Å². The number of carbonyl (C=O) groups excluding carboxylic acids is 2. The lowest BCUT2D eigenvalue weighted by Crippen LogP contribution is -2.57. The Hall–Kier alpha value is -1.53. The quantitative estimate of drug-likeness (QED) is 0.866. The molecule has 1 N–H and O–H groups in total. The van der Waals surface area contributed by atoms with E-state index in [9.17, 15) is 9.59 Å². The van der Waals surface area contributed by atoms with E-state index in [0.717, 1.165) is 43.9 Å². The predicted molar refractivity (Wildman–Crippen MR) is 90.9 cm³/mol. The second-order valence-electron chi connectivity index (χ2n) is 6.23. The van der Waals surface area contributed by atoms with Gasteiger partial charge >= 0.3 is 0 Å². The van der Waals surface area contributed by atoms with Gasteiger partial charge in [0.25, 0.3) is 5.91 Å². The molecule has 3 rings (SSSR count). The molecule has 0 saturated carbocycles. The molecule has 23 heavy (non-hydrogen) atoms. The molecule has 1 atom stereocenters. The number of hydrogen-bond acceptors (Lipinski definition) is 3. The molecule has 3 heterocycles. The molecule has 0 radical (unpaired) electrons. The highest BCUT2D eigenvalue weighted by Crippen LogP contribution is 2.19. The van der Waals surface area contributed by atoms with Gasteiger partial charge in [0.15, 0.2) is 0 Å². The zero-order valence-corrected chi connectivity index (χ0v) is 14.6. The van der Waals surface area contributed by atoms with E-state index in [4.69, 9.17) is 0 Å². The minimum Gasteiger partial charge on any atom is -0.344 e. The van der Waals surface area contributed by atoms with Crippen LogP contribution in [0.4, 0.5) is 0 Å². The van der Waals surface area contributed by atoms with Crippen molar-refractivity contribution in [2.75, 3.05) is 32.7 Å². The van der Waals surface area contributed by atoms with Crippen LogP contribution in [0, 0.1) is 6.92 Å². The molecule has 0 aliphatic carbocycles. The molecule has 2 aliphatic rings. The van der Waals surface area contributed by atoms with Gasteiger partial charge in [0.05, 0.1) is 6.54 Å². The first-order valence-electron chi connectivity index (χ1n) is 7.99. The Kier molecular flexibility index (Phi) is 5.70. The standard InChI is InChI=1S/C16H24N4O2.ClH/c1-12-5-6-14(18(12)2)16(22)19-8-3-4-13(11-19)20-9-7-17-10-15(20)21;/h5-6,13,17H,3-4,7-11H2,1-2H3;1H. The van der Waals surface area contributed by atoms with Crippen molar-refractivity contribution in [3.8, 4) is 0 Å². The Morgan fingerprint density at radius 1 is 1.30 bits per heavy atom. The van der Waals surface area contributed by atoms with Crippen molar-refractivity contribution in [2.45, 2.75) is 25.8 Å². The highest BCUT2D eigenvalue weighted by Gasteiger charge is 2.32. The predicted octanol–water partition coefficient (Wildman–Crippen LogP) is 0.792. The van der Waals surface area contributed by atoms with Crippen molar-refractivity contribution in [1.82, 2.24) is 19.7 Å². The average molecular weight is 341 g/mol. The van der Waals surface area contributed by atoms with Crippen molar-refractivity contribution < 1.29 is 9.59 Å². The zero-order valence-electron chi connectivity index (χ0n) is 13.7. The summed E-state index contributed by atoms with van der Waals surface area (Å²) in [5.74, 6) is 0.225. The summed E-state index contributed by atoms with van der Waals surface area (Å²) in [5, 5.41) is 3.10. The van der Waals surface area contributed by atoms with Crippen LogP contribution < -0.4 is 5.32 Å². The summed E-state index contributed by atoms with van der Waals surface area (Å²) in [6.07, 6.45) is 1.94. The lowest BCUT2D eigenvalue weighted by Gasteiger charge is -2.41. The molecule has 2 amide bonds. The number of rotatable bonds is 2. The number of piperidine rings is 1. The van der Waals surface area contributed by atoms with Crippen molar-refractivity contribution in [2.24, 2.45) is 7.05 Å². The first-order chi connectivity index (χ1) is 10.6. The SMILES string of the molecule is Cc1ccc(C(=O)N2CCCC(N3CCNCC3=O)C2)n1C.Cl. The Balaban J connectivity index is 0.00000192. The maximum atomic E-state index is 12.7. The summed E-state index contributed by atoms with van der Waals surface area (Å²) in [5.41, 5.74) is 1.80. The number of amides is 2. The third kappa shape index (κ3) is 3.53. The van der Waals surface area contributed by atoms with Gasteiger partial charge in [0.2, 0.25) is 5.91 Å². The first kappa shape index (κ1) is 17.8. The van der Waals surface area contributed by atoms with E-state index in [1.165, 1.54) is 0 Å². The largest absolute Gasteiger partial charge is 0.344 e. The topological polar surface area (TPSA) is 57.6 Å². The second-order valence-corrected chi connectivity index (χ2v) is 6.23. The van der Waals surface area contributed by atoms with Gasteiger partial charge in [-0.15, -0.1) is 12.4 Å². The molecule has 2 saturated heterocycles. The summed E-state index contributed by atoms with van der Waals surface area (Å²) in [4.78, 5) is 28.6. The highest BCUT2D eigenvalue weighted by atomic mass is 35.5. The summed E-state index contributed by atoms with van der Waals surface area (Å²) >= 11 is 0. The molecule has 2 fully saturated rings. The smallest absolute Gasteiger partial charge is 0.270 e. The van der Waals surface area contributed by atoms with Gasteiger partial charge in [-0.3, -0.25) is 9.59 Å². The lowest BCUT2D eigenvalue weighted by molar-refractivity contribution is -0.135. The average Bonchev–Trinajstić information content (AvgIpc) is 2.87. The number of aromatic nitrogens is 1. The van der Waals surface area contributed by atoms with E-state index in [2.05, 4.69) is 5.32 Å². The van der Waals surface area contributed by atoms with Crippen LogP contribution in [0.3, 0.4) is 0 Å². The van der Waals surface area contributed by atoms with Crippen LogP contribution in [0.5, 0.6) is 0 Å². The molecular weight excluding hydrogens is 316 g/mol. The van der Waals surface area contributed by atoms with E-state index < -0.39 is 0 Å². The molecule has 0 spiro atoms. The number of likely N-dealkylation sites (tertiary alicyclic amines) is 1.